The van der Waals surface area contributed by atoms with Gasteiger partial charge in [0.1, 0.15) is 0 Å². The smallest absolute Gasteiger partial charge is 0.367 e. The molecule has 0 aliphatic rings. The average molecular weight is 215 g/mol. The summed E-state index contributed by atoms with van der Waals surface area (Å²) in [6, 6.07) is 0. The zero-order valence-electron chi connectivity index (χ0n) is 7.55. The van der Waals surface area contributed by atoms with Gasteiger partial charge in [0.25, 0.3) is 0 Å². The van der Waals surface area contributed by atoms with Gasteiger partial charge in [-0.15, -0.1) is 9.05 Å². The molecular weight excluding hydrogens is 199 g/mol. The van der Waals surface area contributed by atoms with Crippen LogP contribution in [0.2, 0.25) is 0 Å². The molecule has 0 saturated carbocycles. The lowest BCUT2D eigenvalue weighted by Gasteiger charge is -2.17. The van der Waals surface area contributed by atoms with Crippen molar-refractivity contribution in [3.8, 4) is 0 Å². The Morgan fingerprint density at radius 2 is 1.54 bits per heavy atom. The molecule has 0 aromatic heterocycles. The van der Waals surface area contributed by atoms with Crippen molar-refractivity contribution >= 4 is 7.94 Å². The Bertz CT molecular complexity index is 116. The van der Waals surface area contributed by atoms with Gasteiger partial charge < -0.3 is 15.3 Å². The molecule has 0 aromatic carbocycles. The summed E-state index contributed by atoms with van der Waals surface area (Å²) in [5, 5.41) is 25.9. The predicted octanol–water partition coefficient (Wildman–Crippen LogP) is 0.0582. The molecule has 0 aromatic rings. The van der Waals surface area contributed by atoms with Gasteiger partial charge in [-0.05, 0) is 6.42 Å². The zero-order chi connectivity index (χ0) is 10.2. The average Bonchev–Trinajstić information content (AvgIpc) is 2.15. The summed E-state index contributed by atoms with van der Waals surface area (Å²) in [5.74, 6) is 0. The van der Waals surface area contributed by atoms with Crippen molar-refractivity contribution in [3.05, 3.63) is 0 Å². The van der Waals surface area contributed by atoms with Crippen molar-refractivity contribution in [3.63, 3.8) is 0 Å². The molecule has 7 heteroatoms. The third-order valence-electron chi connectivity index (χ3n) is 1.17. The van der Waals surface area contributed by atoms with Crippen LogP contribution < -0.4 is 0 Å². The lowest BCUT2D eigenvalue weighted by molar-refractivity contribution is 0.00624. The molecule has 0 spiro atoms. The van der Waals surface area contributed by atoms with E-state index >= 15 is 0 Å². The second-order valence-corrected chi connectivity index (χ2v) is 4.38. The highest BCUT2D eigenvalue weighted by Crippen LogP contribution is 2.60. The van der Waals surface area contributed by atoms with Crippen LogP contribution in [0.15, 0.2) is 0 Å². The molecule has 0 amide bonds. The van der Waals surface area contributed by atoms with Gasteiger partial charge in [-0.3, -0.25) is 0 Å². The maximum atomic E-state index is 8.92. The molecule has 0 saturated heterocycles. The number of rotatable bonds is 8. The fraction of sp³-hybridized carbons (Fsp3) is 1.00. The Hall–Kier alpha value is 0.190. The number of hydrogen-bond acceptors (Lipinski definition) is 6. The molecule has 0 atom stereocenters. The maximum Gasteiger partial charge on any atom is 0.443 e. The quantitative estimate of drug-likeness (QED) is 0.392. The molecule has 80 valence electrons. The van der Waals surface area contributed by atoms with E-state index in [1.54, 1.807) is 0 Å². The maximum absolute atomic E-state index is 8.92. The molecule has 0 rings (SSSR count). The zero-order valence-corrected chi connectivity index (χ0v) is 8.44. The van der Waals surface area contributed by atoms with Crippen LogP contribution >= 0.6 is 7.94 Å². The first kappa shape index (κ1) is 13.2. The van der Waals surface area contributed by atoms with Gasteiger partial charge in [0.05, 0.1) is 6.61 Å². The van der Waals surface area contributed by atoms with E-state index in [2.05, 4.69) is 0 Å². The molecule has 3 N–H and O–H groups in total. The summed E-state index contributed by atoms with van der Waals surface area (Å²) < 4.78 is 14.6. The van der Waals surface area contributed by atoms with Crippen LogP contribution in [0.25, 0.3) is 0 Å². The highest BCUT2D eigenvalue weighted by atomic mass is 31.2. The van der Waals surface area contributed by atoms with Crippen LogP contribution in [0.3, 0.4) is 0 Å². The van der Waals surface area contributed by atoms with Gasteiger partial charge in [-0.25, -0.2) is 0 Å². The minimum Gasteiger partial charge on any atom is -0.367 e. The standard InChI is InChI=1S/C6H16O6P/c1-2-3-10-13(6-9,11-4-7)12-5-8/h7-9H,2-6H2,1H3/q+1. The van der Waals surface area contributed by atoms with Crippen molar-refractivity contribution in [2.45, 2.75) is 13.3 Å². The Balaban J connectivity index is 4.07. The van der Waals surface area contributed by atoms with Gasteiger partial charge in [-0.1, -0.05) is 6.92 Å². The molecular formula is C6H16O6P+. The largest absolute Gasteiger partial charge is 0.443 e. The van der Waals surface area contributed by atoms with Crippen molar-refractivity contribution in [2.75, 3.05) is 26.5 Å². The van der Waals surface area contributed by atoms with Crippen molar-refractivity contribution in [1.29, 1.82) is 0 Å². The third kappa shape index (κ3) is 4.83. The molecule has 0 fully saturated rings. The molecule has 0 unspecified atom stereocenters. The molecule has 0 bridgehead atoms. The van der Waals surface area contributed by atoms with Crippen molar-refractivity contribution in [2.24, 2.45) is 0 Å². The van der Waals surface area contributed by atoms with Gasteiger partial charge in [-0.2, -0.15) is 4.52 Å². The number of hydrogen-bond donors (Lipinski definition) is 3. The highest BCUT2D eigenvalue weighted by Gasteiger charge is 2.44. The van der Waals surface area contributed by atoms with Crippen LogP contribution in [0, 0.1) is 0 Å². The van der Waals surface area contributed by atoms with Gasteiger partial charge in [0, 0.05) is 0 Å². The Labute approximate surface area is 77.6 Å². The highest BCUT2D eigenvalue weighted by molar-refractivity contribution is 7.61. The van der Waals surface area contributed by atoms with E-state index in [9.17, 15) is 0 Å². The predicted molar refractivity (Wildman–Crippen MR) is 46.6 cm³/mol. The first-order chi connectivity index (χ1) is 6.24. The molecule has 13 heavy (non-hydrogen) atoms. The molecule has 0 heterocycles. The van der Waals surface area contributed by atoms with Gasteiger partial charge >= 0.3 is 7.94 Å². The van der Waals surface area contributed by atoms with Crippen molar-refractivity contribution < 1.29 is 28.9 Å². The minimum atomic E-state index is -2.94. The lowest BCUT2D eigenvalue weighted by atomic mass is 10.5. The fourth-order valence-corrected chi connectivity index (χ4v) is 1.92. The van der Waals surface area contributed by atoms with Crippen LogP contribution in [0.4, 0.5) is 0 Å². The summed E-state index contributed by atoms with van der Waals surface area (Å²) in [4.78, 5) is 0. The summed E-state index contributed by atoms with van der Waals surface area (Å²) in [7, 11) is -2.94. The van der Waals surface area contributed by atoms with E-state index in [4.69, 9.17) is 28.9 Å². The summed E-state index contributed by atoms with van der Waals surface area (Å²) in [5.41, 5.74) is 0. The Morgan fingerprint density at radius 1 is 1.00 bits per heavy atom. The summed E-state index contributed by atoms with van der Waals surface area (Å²) >= 11 is 0. The molecule has 0 aliphatic heterocycles. The van der Waals surface area contributed by atoms with E-state index in [-0.39, 0.29) is 0 Å². The van der Waals surface area contributed by atoms with Gasteiger partial charge in [0.2, 0.25) is 6.35 Å². The lowest BCUT2D eigenvalue weighted by Crippen LogP contribution is -2.12. The SMILES string of the molecule is CCCO[P+](CO)(OCO)OCO. The van der Waals surface area contributed by atoms with E-state index < -0.39 is 27.9 Å². The fourth-order valence-electron chi connectivity index (χ4n) is 0.641. The number of aliphatic hydroxyl groups excluding tert-OH is 3. The topological polar surface area (TPSA) is 88.4 Å². The normalized spacial score (nSPS) is 12.0. The van der Waals surface area contributed by atoms with E-state index in [1.165, 1.54) is 0 Å². The van der Waals surface area contributed by atoms with Crippen LogP contribution in [0.5, 0.6) is 0 Å². The van der Waals surface area contributed by atoms with Crippen molar-refractivity contribution in [1.82, 2.24) is 0 Å². The molecule has 0 aliphatic carbocycles. The number of aliphatic hydroxyl groups is 3. The third-order valence-corrected chi connectivity index (χ3v) is 3.11. The molecule has 0 radical (unpaired) electrons. The van der Waals surface area contributed by atoms with Gasteiger partial charge in [0.15, 0.2) is 13.6 Å². The summed E-state index contributed by atoms with van der Waals surface area (Å²) in [6.45, 7) is 0.994. The Morgan fingerprint density at radius 3 is 1.85 bits per heavy atom. The van der Waals surface area contributed by atoms with Crippen LogP contribution in [-0.2, 0) is 13.6 Å². The van der Waals surface area contributed by atoms with E-state index in [1.807, 2.05) is 6.92 Å². The van der Waals surface area contributed by atoms with E-state index in [0.717, 1.165) is 6.42 Å². The first-order valence-electron chi connectivity index (χ1n) is 3.89. The monoisotopic (exact) mass is 215 g/mol. The second-order valence-electron chi connectivity index (χ2n) is 2.10. The van der Waals surface area contributed by atoms with E-state index in [0.29, 0.717) is 6.61 Å². The first-order valence-corrected chi connectivity index (χ1v) is 5.61. The van der Waals surface area contributed by atoms with Crippen LogP contribution in [-0.4, -0.2) is 41.9 Å². The Kier molecular flexibility index (Phi) is 7.69. The van der Waals surface area contributed by atoms with Crippen LogP contribution in [0.1, 0.15) is 13.3 Å². The molecule has 6 nitrogen and oxygen atoms in total. The second kappa shape index (κ2) is 7.58. The summed E-state index contributed by atoms with van der Waals surface area (Å²) in [6.07, 6.45) is 0.236. The minimum absolute atomic E-state index is 0.342.